The Bertz CT molecular complexity index is 479. The Morgan fingerprint density at radius 2 is 1.86 bits per heavy atom. The molecule has 22 heavy (non-hydrogen) atoms. The molecule has 0 saturated carbocycles. The van der Waals surface area contributed by atoms with Crippen LogP contribution in [-0.2, 0) is 9.47 Å². The van der Waals surface area contributed by atoms with Gasteiger partial charge in [-0.3, -0.25) is 0 Å². The van der Waals surface area contributed by atoms with Gasteiger partial charge in [0.05, 0.1) is 13.2 Å². The molecule has 1 saturated heterocycles. The summed E-state index contributed by atoms with van der Waals surface area (Å²) in [7, 11) is 0. The molecule has 3 rings (SSSR count). The highest BCUT2D eigenvalue weighted by atomic mass is 16.7. The number of hydrogen-bond donors (Lipinski definition) is 1. The van der Waals surface area contributed by atoms with Crippen molar-refractivity contribution in [1.82, 2.24) is 0 Å². The largest absolute Gasteiger partial charge is 0.396 e. The molecular weight excluding hydrogens is 276 g/mol. The molecule has 0 aromatic carbocycles. The van der Waals surface area contributed by atoms with Crippen LogP contribution in [0.5, 0.6) is 0 Å². The molecule has 0 aromatic heterocycles. The van der Waals surface area contributed by atoms with Gasteiger partial charge < -0.3 is 14.6 Å². The van der Waals surface area contributed by atoms with Gasteiger partial charge in [-0.05, 0) is 30.8 Å². The average Bonchev–Trinajstić information content (AvgIpc) is 2.84. The second-order valence-corrected chi connectivity index (χ2v) is 8.36. The van der Waals surface area contributed by atoms with E-state index in [0.29, 0.717) is 11.8 Å². The van der Waals surface area contributed by atoms with E-state index < -0.39 is 5.79 Å². The maximum atomic E-state index is 9.82. The Hall–Kier alpha value is -0.640. The number of allylic oxidation sites excluding steroid dienone is 3. The molecule has 2 aliphatic carbocycles. The number of ether oxygens (including phenoxy) is 2. The van der Waals surface area contributed by atoms with Crippen LogP contribution in [0.2, 0.25) is 0 Å². The van der Waals surface area contributed by atoms with Crippen molar-refractivity contribution in [2.75, 3.05) is 19.8 Å². The van der Waals surface area contributed by atoms with E-state index in [9.17, 15) is 5.11 Å². The highest BCUT2D eigenvalue weighted by Crippen LogP contribution is 2.55. The summed E-state index contributed by atoms with van der Waals surface area (Å²) in [5, 5.41) is 9.82. The van der Waals surface area contributed by atoms with E-state index in [0.717, 1.165) is 32.5 Å². The van der Waals surface area contributed by atoms with Gasteiger partial charge in [-0.15, -0.1) is 0 Å². The maximum Gasteiger partial charge on any atom is 0.187 e. The van der Waals surface area contributed by atoms with Crippen LogP contribution in [0.25, 0.3) is 0 Å². The van der Waals surface area contributed by atoms with Crippen molar-refractivity contribution in [3.8, 4) is 0 Å². The maximum absolute atomic E-state index is 9.82. The quantitative estimate of drug-likeness (QED) is 0.791. The number of aliphatic hydroxyl groups excluding tert-OH is 1. The molecule has 1 aliphatic heterocycles. The summed E-state index contributed by atoms with van der Waals surface area (Å²) in [6.45, 7) is 10.6. The van der Waals surface area contributed by atoms with Crippen LogP contribution in [-0.4, -0.2) is 30.7 Å². The molecular formula is C19H30O3. The second-order valence-electron chi connectivity index (χ2n) is 8.36. The van der Waals surface area contributed by atoms with Crippen molar-refractivity contribution in [3.63, 3.8) is 0 Å². The average molecular weight is 306 g/mol. The van der Waals surface area contributed by atoms with Gasteiger partial charge in [0.2, 0.25) is 0 Å². The van der Waals surface area contributed by atoms with E-state index in [4.69, 9.17) is 9.47 Å². The molecule has 0 bridgehead atoms. The van der Waals surface area contributed by atoms with E-state index in [1.807, 2.05) is 0 Å². The predicted octanol–water partition coefficient (Wildman–Crippen LogP) is 3.69. The molecule has 3 aliphatic rings. The topological polar surface area (TPSA) is 38.7 Å². The zero-order chi connectivity index (χ0) is 16.0. The van der Waals surface area contributed by atoms with E-state index in [2.05, 4.69) is 45.9 Å². The van der Waals surface area contributed by atoms with Crippen molar-refractivity contribution < 1.29 is 14.6 Å². The van der Waals surface area contributed by atoms with E-state index in [1.165, 1.54) is 5.57 Å². The number of hydrogen-bond acceptors (Lipinski definition) is 3. The zero-order valence-corrected chi connectivity index (χ0v) is 14.4. The number of rotatable bonds is 2. The lowest BCUT2D eigenvalue weighted by atomic mass is 9.64. The minimum atomic E-state index is -0.536. The standard InChI is InChI=1S/C19H30O3/c1-14(2)16-6-5-15(11-20)18(16)7-9-19(10-8-18)21-12-17(3,4)13-22-19/h6-7,9,14-15,20H,5,8,10-13H2,1-4H3/t15-,18+/m1/s1. The van der Waals surface area contributed by atoms with Crippen LogP contribution in [0.3, 0.4) is 0 Å². The van der Waals surface area contributed by atoms with Gasteiger partial charge in [-0.2, -0.15) is 0 Å². The molecule has 0 aromatic rings. The van der Waals surface area contributed by atoms with Crippen LogP contribution in [0, 0.1) is 22.7 Å². The number of aliphatic hydroxyl groups is 1. The molecule has 2 atom stereocenters. The fourth-order valence-electron chi connectivity index (χ4n) is 4.28. The molecule has 3 nitrogen and oxygen atoms in total. The molecule has 1 heterocycles. The molecule has 3 heteroatoms. The van der Waals surface area contributed by atoms with Crippen LogP contribution in [0.15, 0.2) is 23.8 Å². The Morgan fingerprint density at radius 1 is 1.18 bits per heavy atom. The molecule has 0 unspecified atom stereocenters. The van der Waals surface area contributed by atoms with Crippen LogP contribution in [0.4, 0.5) is 0 Å². The van der Waals surface area contributed by atoms with Gasteiger partial charge in [0.25, 0.3) is 0 Å². The minimum Gasteiger partial charge on any atom is -0.396 e. The first-order valence-electron chi connectivity index (χ1n) is 8.62. The predicted molar refractivity (Wildman–Crippen MR) is 87.3 cm³/mol. The lowest BCUT2D eigenvalue weighted by Crippen LogP contribution is -2.49. The first kappa shape index (κ1) is 16.2. The Balaban J connectivity index is 1.84. The summed E-state index contributed by atoms with van der Waals surface area (Å²) in [6, 6.07) is 0. The highest BCUT2D eigenvalue weighted by Gasteiger charge is 2.50. The Kier molecular flexibility index (Phi) is 4.03. The molecule has 1 fully saturated rings. The summed E-state index contributed by atoms with van der Waals surface area (Å²) < 4.78 is 12.2. The van der Waals surface area contributed by atoms with Gasteiger partial charge in [-0.1, -0.05) is 45.4 Å². The molecule has 0 amide bonds. The van der Waals surface area contributed by atoms with E-state index in [-0.39, 0.29) is 17.4 Å². The summed E-state index contributed by atoms with van der Waals surface area (Å²) in [4.78, 5) is 0. The Labute approximate surface area is 134 Å². The van der Waals surface area contributed by atoms with Crippen LogP contribution < -0.4 is 0 Å². The van der Waals surface area contributed by atoms with Crippen LogP contribution >= 0.6 is 0 Å². The van der Waals surface area contributed by atoms with Crippen molar-refractivity contribution in [2.45, 2.75) is 52.7 Å². The third-order valence-electron chi connectivity index (χ3n) is 5.67. The molecule has 0 radical (unpaired) electrons. The SMILES string of the molecule is CC(C)C1=CC[C@H](CO)[C@@]12C=CC1(CC2)OCC(C)(C)CO1. The normalized spacial score (nSPS) is 36.3. The van der Waals surface area contributed by atoms with Gasteiger partial charge in [0.15, 0.2) is 5.79 Å². The fourth-order valence-corrected chi connectivity index (χ4v) is 4.28. The fraction of sp³-hybridized carbons (Fsp3) is 0.789. The zero-order valence-electron chi connectivity index (χ0n) is 14.4. The molecule has 124 valence electrons. The van der Waals surface area contributed by atoms with Gasteiger partial charge >= 0.3 is 0 Å². The van der Waals surface area contributed by atoms with Crippen molar-refractivity contribution >= 4 is 0 Å². The van der Waals surface area contributed by atoms with Gasteiger partial charge in [0, 0.05) is 23.9 Å². The van der Waals surface area contributed by atoms with E-state index in [1.54, 1.807) is 0 Å². The van der Waals surface area contributed by atoms with Gasteiger partial charge in [-0.25, -0.2) is 0 Å². The smallest absolute Gasteiger partial charge is 0.187 e. The third-order valence-corrected chi connectivity index (χ3v) is 5.67. The lowest BCUT2D eigenvalue weighted by molar-refractivity contribution is -0.279. The molecule has 1 N–H and O–H groups in total. The van der Waals surface area contributed by atoms with Crippen molar-refractivity contribution in [1.29, 1.82) is 0 Å². The Morgan fingerprint density at radius 3 is 2.36 bits per heavy atom. The van der Waals surface area contributed by atoms with Gasteiger partial charge in [0.1, 0.15) is 0 Å². The summed E-state index contributed by atoms with van der Waals surface area (Å²) >= 11 is 0. The monoisotopic (exact) mass is 306 g/mol. The lowest BCUT2D eigenvalue weighted by Gasteiger charge is -2.48. The summed E-state index contributed by atoms with van der Waals surface area (Å²) in [5.74, 6) is 0.284. The third kappa shape index (κ3) is 2.57. The first-order chi connectivity index (χ1) is 10.3. The molecule has 2 spiro atoms. The summed E-state index contributed by atoms with van der Waals surface area (Å²) in [6.07, 6.45) is 9.62. The van der Waals surface area contributed by atoms with Crippen molar-refractivity contribution in [3.05, 3.63) is 23.8 Å². The summed E-state index contributed by atoms with van der Waals surface area (Å²) in [5.41, 5.74) is 1.58. The van der Waals surface area contributed by atoms with E-state index >= 15 is 0 Å². The first-order valence-corrected chi connectivity index (χ1v) is 8.62. The minimum absolute atomic E-state index is 0.00779. The van der Waals surface area contributed by atoms with Crippen molar-refractivity contribution in [2.24, 2.45) is 22.7 Å². The van der Waals surface area contributed by atoms with Crippen LogP contribution in [0.1, 0.15) is 47.0 Å². The second kappa shape index (κ2) is 5.47. The highest BCUT2D eigenvalue weighted by molar-refractivity contribution is 5.33.